The molecule has 3 heterocycles. The molecule has 2 aliphatic heterocycles. The molecule has 0 saturated carbocycles. The number of nitrogens with zero attached hydrogens (tertiary/aromatic N) is 4. The van der Waals surface area contributed by atoms with E-state index in [2.05, 4.69) is 23.4 Å². The molecule has 122 valence electrons. The van der Waals surface area contributed by atoms with E-state index in [0.29, 0.717) is 18.6 Å². The Labute approximate surface area is 132 Å². The molecule has 0 spiro atoms. The molecule has 1 aromatic heterocycles. The van der Waals surface area contributed by atoms with Gasteiger partial charge in [0, 0.05) is 51.3 Å². The smallest absolute Gasteiger partial charge is 0.219 e. The molecule has 0 radical (unpaired) electrons. The molecule has 1 unspecified atom stereocenters. The molecule has 1 aromatic rings. The highest BCUT2D eigenvalue weighted by Gasteiger charge is 2.34. The fourth-order valence-corrected chi connectivity index (χ4v) is 3.32. The van der Waals surface area contributed by atoms with Gasteiger partial charge in [-0.15, -0.1) is 0 Å². The van der Waals surface area contributed by atoms with E-state index >= 15 is 0 Å². The minimum atomic E-state index is 0.0758. The Morgan fingerprint density at radius 2 is 2.23 bits per heavy atom. The van der Waals surface area contributed by atoms with Crippen LogP contribution in [0.3, 0.4) is 0 Å². The van der Waals surface area contributed by atoms with Crippen LogP contribution >= 0.6 is 0 Å². The van der Waals surface area contributed by atoms with E-state index in [4.69, 9.17) is 9.84 Å². The number of amides is 1. The van der Waals surface area contributed by atoms with Crippen LogP contribution < -0.4 is 0 Å². The highest BCUT2D eigenvalue weighted by atomic mass is 16.5. The summed E-state index contributed by atoms with van der Waals surface area (Å²) >= 11 is 0. The van der Waals surface area contributed by atoms with Gasteiger partial charge in [0.1, 0.15) is 0 Å². The number of fused-ring (bicyclic) bond motifs is 1. The standard InChI is InChI=1S/C16H26N4O2/c1-11(2)20-16-9-19(13-5-6-22-10-13)7-14(16)15(17-20)8-18(4)12(3)21/h11,13H,5-10H2,1-4H3. The quantitative estimate of drug-likeness (QED) is 0.847. The first-order valence-electron chi connectivity index (χ1n) is 8.10. The van der Waals surface area contributed by atoms with E-state index in [9.17, 15) is 4.79 Å². The minimum Gasteiger partial charge on any atom is -0.380 e. The third kappa shape index (κ3) is 2.77. The Balaban J connectivity index is 1.85. The van der Waals surface area contributed by atoms with E-state index in [1.807, 2.05) is 7.05 Å². The van der Waals surface area contributed by atoms with E-state index < -0.39 is 0 Å². The SMILES string of the molecule is CC(=O)N(C)Cc1nn(C(C)C)c2c1CN(C1CCOC1)C2. The van der Waals surface area contributed by atoms with E-state index in [1.54, 1.807) is 11.8 Å². The zero-order valence-corrected chi connectivity index (χ0v) is 14.0. The first-order chi connectivity index (χ1) is 10.5. The van der Waals surface area contributed by atoms with Crippen molar-refractivity contribution in [1.29, 1.82) is 0 Å². The van der Waals surface area contributed by atoms with E-state index in [0.717, 1.165) is 38.4 Å². The minimum absolute atomic E-state index is 0.0758. The summed E-state index contributed by atoms with van der Waals surface area (Å²) in [6, 6.07) is 0.858. The van der Waals surface area contributed by atoms with E-state index in [1.165, 1.54) is 11.3 Å². The largest absolute Gasteiger partial charge is 0.380 e. The Morgan fingerprint density at radius 3 is 2.82 bits per heavy atom. The molecule has 0 bridgehead atoms. The highest BCUT2D eigenvalue weighted by molar-refractivity contribution is 5.72. The van der Waals surface area contributed by atoms with Crippen LogP contribution in [0.4, 0.5) is 0 Å². The van der Waals surface area contributed by atoms with Crippen LogP contribution in [0.5, 0.6) is 0 Å². The van der Waals surface area contributed by atoms with Crippen LogP contribution in [0.15, 0.2) is 0 Å². The monoisotopic (exact) mass is 306 g/mol. The molecule has 0 aromatic carbocycles. The zero-order valence-electron chi connectivity index (χ0n) is 14.0. The molecule has 0 N–H and O–H groups in total. The number of carbonyl (C=O) groups is 1. The van der Waals surface area contributed by atoms with Gasteiger partial charge in [-0.1, -0.05) is 0 Å². The summed E-state index contributed by atoms with van der Waals surface area (Å²) in [7, 11) is 1.83. The second-order valence-corrected chi connectivity index (χ2v) is 6.71. The van der Waals surface area contributed by atoms with Gasteiger partial charge in [-0.05, 0) is 20.3 Å². The molecular weight excluding hydrogens is 280 g/mol. The maximum Gasteiger partial charge on any atom is 0.219 e. The predicted octanol–water partition coefficient (Wildman–Crippen LogP) is 1.55. The first-order valence-corrected chi connectivity index (χ1v) is 8.10. The van der Waals surface area contributed by atoms with Gasteiger partial charge < -0.3 is 9.64 Å². The van der Waals surface area contributed by atoms with Gasteiger partial charge in [-0.3, -0.25) is 14.4 Å². The van der Waals surface area contributed by atoms with Crippen LogP contribution in [-0.2, 0) is 29.2 Å². The van der Waals surface area contributed by atoms with Crippen LogP contribution in [0, 0.1) is 0 Å². The average molecular weight is 306 g/mol. The maximum atomic E-state index is 11.5. The van der Waals surface area contributed by atoms with Crippen LogP contribution in [0.25, 0.3) is 0 Å². The van der Waals surface area contributed by atoms with Crippen molar-refractivity contribution in [2.45, 2.75) is 58.9 Å². The first kappa shape index (κ1) is 15.5. The topological polar surface area (TPSA) is 50.6 Å². The molecular formula is C16H26N4O2. The number of rotatable bonds is 4. The number of hydrogen-bond acceptors (Lipinski definition) is 4. The second kappa shape index (κ2) is 6.01. The lowest BCUT2D eigenvalue weighted by Gasteiger charge is -2.23. The molecule has 3 rings (SSSR count). The van der Waals surface area contributed by atoms with Crippen molar-refractivity contribution in [3.63, 3.8) is 0 Å². The number of aromatic nitrogens is 2. The normalized spacial score (nSPS) is 21.6. The zero-order chi connectivity index (χ0) is 15.9. The number of carbonyl (C=O) groups excluding carboxylic acids is 1. The van der Waals surface area contributed by atoms with Crippen molar-refractivity contribution < 1.29 is 9.53 Å². The summed E-state index contributed by atoms with van der Waals surface area (Å²) in [5.41, 5.74) is 3.67. The third-order valence-electron chi connectivity index (χ3n) is 4.75. The van der Waals surface area contributed by atoms with Gasteiger partial charge >= 0.3 is 0 Å². The Morgan fingerprint density at radius 1 is 1.45 bits per heavy atom. The predicted molar refractivity (Wildman–Crippen MR) is 83.2 cm³/mol. The lowest BCUT2D eigenvalue weighted by atomic mass is 10.2. The fraction of sp³-hybridized carbons (Fsp3) is 0.750. The summed E-state index contributed by atoms with van der Waals surface area (Å²) in [6.07, 6.45) is 1.11. The fourth-order valence-electron chi connectivity index (χ4n) is 3.32. The van der Waals surface area contributed by atoms with E-state index in [-0.39, 0.29) is 5.91 Å². The van der Waals surface area contributed by atoms with Crippen molar-refractivity contribution in [1.82, 2.24) is 19.6 Å². The van der Waals surface area contributed by atoms with Crippen molar-refractivity contribution >= 4 is 5.91 Å². The average Bonchev–Trinajstić information content (AvgIpc) is 3.13. The number of hydrogen-bond donors (Lipinski definition) is 0. The lowest BCUT2D eigenvalue weighted by Crippen LogP contribution is -2.32. The molecule has 6 nitrogen and oxygen atoms in total. The Hall–Kier alpha value is -1.40. The summed E-state index contributed by atoms with van der Waals surface area (Å²) in [5, 5.41) is 4.78. The molecule has 1 atom stereocenters. The van der Waals surface area contributed by atoms with Crippen LogP contribution in [-0.4, -0.2) is 51.8 Å². The van der Waals surface area contributed by atoms with Gasteiger partial charge in [-0.2, -0.15) is 5.10 Å². The third-order valence-corrected chi connectivity index (χ3v) is 4.75. The van der Waals surface area contributed by atoms with Gasteiger partial charge in [0.05, 0.1) is 24.5 Å². The van der Waals surface area contributed by atoms with Crippen molar-refractivity contribution in [2.75, 3.05) is 20.3 Å². The molecule has 0 aliphatic carbocycles. The summed E-state index contributed by atoms with van der Waals surface area (Å²) in [5.74, 6) is 0.0758. The summed E-state index contributed by atoms with van der Waals surface area (Å²) < 4.78 is 7.67. The van der Waals surface area contributed by atoms with Crippen LogP contribution in [0.2, 0.25) is 0 Å². The van der Waals surface area contributed by atoms with Gasteiger partial charge in [0.2, 0.25) is 5.91 Å². The lowest BCUT2D eigenvalue weighted by molar-refractivity contribution is -0.128. The molecule has 22 heavy (non-hydrogen) atoms. The molecule has 1 saturated heterocycles. The molecule has 1 fully saturated rings. The summed E-state index contributed by atoms with van der Waals surface area (Å²) in [4.78, 5) is 15.8. The van der Waals surface area contributed by atoms with Crippen molar-refractivity contribution in [2.24, 2.45) is 0 Å². The van der Waals surface area contributed by atoms with Gasteiger partial charge in [-0.25, -0.2) is 0 Å². The highest BCUT2D eigenvalue weighted by Crippen LogP contribution is 2.31. The van der Waals surface area contributed by atoms with Crippen molar-refractivity contribution in [3.05, 3.63) is 17.0 Å². The Bertz CT molecular complexity index is 561. The number of ether oxygens (including phenoxy) is 1. The van der Waals surface area contributed by atoms with Gasteiger partial charge in [0.25, 0.3) is 0 Å². The molecule has 1 amide bonds. The maximum absolute atomic E-state index is 11.5. The molecule has 6 heteroatoms. The second-order valence-electron chi connectivity index (χ2n) is 6.71. The van der Waals surface area contributed by atoms with Crippen LogP contribution in [0.1, 0.15) is 50.2 Å². The van der Waals surface area contributed by atoms with Crippen molar-refractivity contribution in [3.8, 4) is 0 Å². The van der Waals surface area contributed by atoms with Gasteiger partial charge in [0.15, 0.2) is 0 Å². The summed E-state index contributed by atoms with van der Waals surface area (Å²) in [6.45, 7) is 10.1. The Kier molecular flexibility index (Phi) is 4.23. The molecule has 2 aliphatic rings.